The minimum atomic E-state index is 0.834. The molecule has 0 aliphatic rings. The van der Waals surface area contributed by atoms with E-state index in [-0.39, 0.29) is 0 Å². The minimum Gasteiger partial charge on any atom is -0.385 e. The standard InChI is InChI=1S/C19H28N2O/c1-4-20(12-6-14-22-3)16-19-7-5-13-21(19)15-18-10-8-17(2)9-11-18/h5,7-11,13H,4,6,12,14-16H2,1-3H3. The molecule has 0 saturated heterocycles. The van der Waals surface area contributed by atoms with Crippen molar-refractivity contribution in [3.63, 3.8) is 0 Å². The van der Waals surface area contributed by atoms with Gasteiger partial charge in [-0.25, -0.2) is 0 Å². The normalized spacial score (nSPS) is 11.3. The molecular formula is C19H28N2O. The van der Waals surface area contributed by atoms with Crippen LogP contribution in [0.4, 0.5) is 0 Å². The predicted octanol–water partition coefficient (Wildman–Crippen LogP) is 3.70. The van der Waals surface area contributed by atoms with E-state index in [2.05, 4.69) is 65.9 Å². The number of hydrogen-bond acceptors (Lipinski definition) is 2. The van der Waals surface area contributed by atoms with Gasteiger partial charge in [0.15, 0.2) is 0 Å². The highest BCUT2D eigenvalue weighted by atomic mass is 16.5. The Hall–Kier alpha value is -1.58. The fraction of sp³-hybridized carbons (Fsp3) is 0.474. The van der Waals surface area contributed by atoms with E-state index in [1.54, 1.807) is 7.11 Å². The maximum absolute atomic E-state index is 5.15. The van der Waals surface area contributed by atoms with Gasteiger partial charge in [0.25, 0.3) is 0 Å². The average Bonchev–Trinajstić information content (AvgIpc) is 2.95. The zero-order chi connectivity index (χ0) is 15.8. The Morgan fingerprint density at radius 3 is 2.59 bits per heavy atom. The van der Waals surface area contributed by atoms with Gasteiger partial charge in [-0.3, -0.25) is 4.90 Å². The molecule has 1 aromatic heterocycles. The van der Waals surface area contributed by atoms with Gasteiger partial charge in [0.05, 0.1) is 0 Å². The third-order valence-corrected chi connectivity index (χ3v) is 4.05. The molecule has 0 aliphatic heterocycles. The highest BCUT2D eigenvalue weighted by molar-refractivity contribution is 5.22. The maximum atomic E-state index is 5.15. The summed E-state index contributed by atoms with van der Waals surface area (Å²) in [6, 6.07) is 13.2. The molecule has 0 spiro atoms. The number of methoxy groups -OCH3 is 1. The molecule has 2 aromatic rings. The summed E-state index contributed by atoms with van der Waals surface area (Å²) < 4.78 is 7.50. The van der Waals surface area contributed by atoms with E-state index in [9.17, 15) is 0 Å². The van der Waals surface area contributed by atoms with Crippen LogP contribution < -0.4 is 0 Å². The largest absolute Gasteiger partial charge is 0.385 e. The predicted molar refractivity (Wildman–Crippen MR) is 92.2 cm³/mol. The van der Waals surface area contributed by atoms with Crippen LogP contribution in [0.25, 0.3) is 0 Å². The SMILES string of the molecule is CCN(CCCOC)Cc1cccn1Cc1ccc(C)cc1. The lowest BCUT2D eigenvalue weighted by Crippen LogP contribution is -2.26. The molecule has 3 heteroatoms. The van der Waals surface area contributed by atoms with Gasteiger partial charge >= 0.3 is 0 Å². The molecule has 120 valence electrons. The van der Waals surface area contributed by atoms with E-state index in [4.69, 9.17) is 4.74 Å². The lowest BCUT2D eigenvalue weighted by Gasteiger charge is -2.21. The molecule has 2 rings (SSSR count). The molecule has 1 heterocycles. The van der Waals surface area contributed by atoms with Crippen LogP contribution in [0.3, 0.4) is 0 Å². The Balaban J connectivity index is 1.97. The molecule has 0 N–H and O–H groups in total. The monoisotopic (exact) mass is 300 g/mol. The van der Waals surface area contributed by atoms with Gasteiger partial charge in [-0.15, -0.1) is 0 Å². The van der Waals surface area contributed by atoms with Gasteiger partial charge < -0.3 is 9.30 Å². The summed E-state index contributed by atoms with van der Waals surface area (Å²) in [6.45, 7) is 9.28. The van der Waals surface area contributed by atoms with Crippen molar-refractivity contribution in [3.05, 3.63) is 59.4 Å². The quantitative estimate of drug-likeness (QED) is 0.657. The summed E-state index contributed by atoms with van der Waals surface area (Å²) in [7, 11) is 1.77. The number of nitrogens with zero attached hydrogens (tertiary/aromatic N) is 2. The first-order chi connectivity index (χ1) is 10.7. The van der Waals surface area contributed by atoms with Gasteiger partial charge in [-0.1, -0.05) is 36.8 Å². The Labute approximate surface area is 134 Å². The molecule has 0 unspecified atom stereocenters. The average molecular weight is 300 g/mol. The number of hydrogen-bond donors (Lipinski definition) is 0. The van der Waals surface area contributed by atoms with Gasteiger partial charge in [-0.05, 0) is 37.6 Å². The smallest absolute Gasteiger partial charge is 0.0474 e. The molecule has 0 aliphatic carbocycles. The lowest BCUT2D eigenvalue weighted by molar-refractivity contribution is 0.170. The topological polar surface area (TPSA) is 17.4 Å². The maximum Gasteiger partial charge on any atom is 0.0474 e. The summed E-state index contributed by atoms with van der Waals surface area (Å²) in [6.07, 6.45) is 3.27. The second kappa shape index (κ2) is 8.76. The van der Waals surface area contributed by atoms with Crippen molar-refractivity contribution >= 4 is 0 Å². The van der Waals surface area contributed by atoms with Crippen molar-refractivity contribution in [1.29, 1.82) is 0 Å². The number of benzene rings is 1. The van der Waals surface area contributed by atoms with Crippen LogP contribution in [0.5, 0.6) is 0 Å². The van der Waals surface area contributed by atoms with Crippen molar-refractivity contribution < 1.29 is 4.74 Å². The number of rotatable bonds is 9. The Kier molecular flexibility index (Phi) is 6.69. The van der Waals surface area contributed by atoms with Gasteiger partial charge in [0.2, 0.25) is 0 Å². The molecule has 1 aromatic carbocycles. The van der Waals surface area contributed by atoms with Gasteiger partial charge in [-0.2, -0.15) is 0 Å². The second-order valence-electron chi connectivity index (χ2n) is 5.83. The lowest BCUT2D eigenvalue weighted by atomic mass is 10.1. The van der Waals surface area contributed by atoms with E-state index in [0.29, 0.717) is 0 Å². The van der Waals surface area contributed by atoms with E-state index in [1.165, 1.54) is 16.8 Å². The fourth-order valence-electron chi connectivity index (χ4n) is 2.65. The van der Waals surface area contributed by atoms with Crippen LogP contribution in [0.2, 0.25) is 0 Å². The van der Waals surface area contributed by atoms with Crippen LogP contribution >= 0.6 is 0 Å². The summed E-state index contributed by atoms with van der Waals surface area (Å²) in [5.41, 5.74) is 4.04. The number of ether oxygens (including phenoxy) is 1. The van der Waals surface area contributed by atoms with Crippen molar-refractivity contribution in [2.24, 2.45) is 0 Å². The molecule has 0 amide bonds. The highest BCUT2D eigenvalue weighted by Crippen LogP contribution is 2.11. The van der Waals surface area contributed by atoms with E-state index < -0.39 is 0 Å². The van der Waals surface area contributed by atoms with E-state index in [0.717, 1.165) is 39.2 Å². The second-order valence-corrected chi connectivity index (χ2v) is 5.83. The Morgan fingerprint density at radius 2 is 1.91 bits per heavy atom. The molecule has 0 bridgehead atoms. The molecule has 3 nitrogen and oxygen atoms in total. The van der Waals surface area contributed by atoms with Crippen molar-refractivity contribution in [1.82, 2.24) is 9.47 Å². The van der Waals surface area contributed by atoms with Crippen molar-refractivity contribution in [2.45, 2.75) is 33.4 Å². The summed E-state index contributed by atoms with van der Waals surface area (Å²) in [5.74, 6) is 0. The van der Waals surface area contributed by atoms with Crippen LogP contribution in [-0.2, 0) is 17.8 Å². The first-order valence-electron chi connectivity index (χ1n) is 8.13. The van der Waals surface area contributed by atoms with Crippen LogP contribution in [0, 0.1) is 6.92 Å². The van der Waals surface area contributed by atoms with Crippen LogP contribution in [-0.4, -0.2) is 36.3 Å². The zero-order valence-corrected chi connectivity index (χ0v) is 14.1. The molecular weight excluding hydrogens is 272 g/mol. The first-order valence-corrected chi connectivity index (χ1v) is 8.13. The first kappa shape index (κ1) is 16.8. The third kappa shape index (κ3) is 5.00. The third-order valence-electron chi connectivity index (χ3n) is 4.05. The Bertz CT molecular complexity index is 545. The molecule has 0 fully saturated rings. The number of aryl methyl sites for hydroxylation is 1. The Morgan fingerprint density at radius 1 is 1.14 bits per heavy atom. The highest BCUT2D eigenvalue weighted by Gasteiger charge is 2.07. The molecule has 0 saturated carbocycles. The summed E-state index contributed by atoms with van der Waals surface area (Å²) >= 11 is 0. The number of aromatic nitrogens is 1. The minimum absolute atomic E-state index is 0.834. The van der Waals surface area contributed by atoms with E-state index in [1.807, 2.05) is 0 Å². The van der Waals surface area contributed by atoms with Crippen molar-refractivity contribution in [2.75, 3.05) is 26.8 Å². The van der Waals surface area contributed by atoms with Gasteiger partial charge in [0.1, 0.15) is 0 Å². The fourth-order valence-corrected chi connectivity index (χ4v) is 2.65. The summed E-state index contributed by atoms with van der Waals surface area (Å²) in [4.78, 5) is 2.47. The summed E-state index contributed by atoms with van der Waals surface area (Å²) in [5, 5.41) is 0. The zero-order valence-electron chi connectivity index (χ0n) is 14.1. The van der Waals surface area contributed by atoms with Crippen molar-refractivity contribution in [3.8, 4) is 0 Å². The van der Waals surface area contributed by atoms with Crippen LogP contribution in [0.1, 0.15) is 30.2 Å². The molecule has 0 atom stereocenters. The van der Waals surface area contributed by atoms with E-state index >= 15 is 0 Å². The molecule has 0 radical (unpaired) electrons. The van der Waals surface area contributed by atoms with Crippen LogP contribution in [0.15, 0.2) is 42.6 Å². The van der Waals surface area contributed by atoms with Gasteiger partial charge in [0, 0.05) is 45.2 Å². The molecule has 22 heavy (non-hydrogen) atoms.